The molecule has 8 heteroatoms. The quantitative estimate of drug-likeness (QED) is 0.750. The molecule has 1 saturated heterocycles. The Labute approximate surface area is 99.8 Å². The fourth-order valence-corrected chi connectivity index (χ4v) is 3.00. The number of morpholine rings is 1. The average molecular weight is 261 g/mol. The molecule has 7 nitrogen and oxygen atoms in total. The van der Waals surface area contributed by atoms with Crippen LogP contribution in [0.1, 0.15) is 24.7 Å². The molecule has 0 bridgehead atoms. The van der Waals surface area contributed by atoms with Crippen molar-refractivity contribution in [2.45, 2.75) is 26.0 Å². The molecule has 2 rings (SSSR count). The first-order valence-corrected chi connectivity index (χ1v) is 7.13. The summed E-state index contributed by atoms with van der Waals surface area (Å²) in [5.74, 6) is 0.756. The molecule has 1 aromatic heterocycles. The van der Waals surface area contributed by atoms with E-state index in [-0.39, 0.29) is 12.0 Å². The minimum atomic E-state index is -3.32. The SMILES string of the molecule is Cc1noc([C@@H]2[C@@H](C)OCCN2S(C)(=O)=O)n1. The Morgan fingerprint density at radius 1 is 1.47 bits per heavy atom. The first kappa shape index (κ1) is 12.5. The highest BCUT2D eigenvalue weighted by Crippen LogP contribution is 2.30. The number of sulfonamides is 1. The zero-order chi connectivity index (χ0) is 12.6. The van der Waals surface area contributed by atoms with E-state index in [1.54, 1.807) is 13.8 Å². The van der Waals surface area contributed by atoms with Gasteiger partial charge in [-0.05, 0) is 13.8 Å². The number of nitrogens with zero attached hydrogens (tertiary/aromatic N) is 3. The number of hydrogen-bond acceptors (Lipinski definition) is 6. The molecule has 0 unspecified atom stereocenters. The number of rotatable bonds is 2. The predicted octanol–water partition coefficient (Wildman–Crippen LogP) is 0.0994. The summed E-state index contributed by atoms with van der Waals surface area (Å²) in [6, 6.07) is -0.542. The van der Waals surface area contributed by atoms with Crippen LogP contribution in [0.15, 0.2) is 4.52 Å². The molecule has 0 saturated carbocycles. The highest BCUT2D eigenvalue weighted by molar-refractivity contribution is 7.88. The fourth-order valence-electron chi connectivity index (χ4n) is 1.92. The summed E-state index contributed by atoms with van der Waals surface area (Å²) in [5.41, 5.74) is 0. The Bertz CT molecular complexity index is 498. The van der Waals surface area contributed by atoms with E-state index in [0.717, 1.165) is 0 Å². The normalized spacial score (nSPS) is 27.2. The topological polar surface area (TPSA) is 85.5 Å². The lowest BCUT2D eigenvalue weighted by molar-refractivity contribution is -0.0399. The van der Waals surface area contributed by atoms with Gasteiger partial charge in [0.15, 0.2) is 5.82 Å². The molecule has 1 aliphatic heterocycles. The molecule has 0 aromatic carbocycles. The molecule has 1 aromatic rings. The van der Waals surface area contributed by atoms with E-state index in [4.69, 9.17) is 9.26 Å². The summed E-state index contributed by atoms with van der Waals surface area (Å²) in [5, 5.41) is 3.68. The van der Waals surface area contributed by atoms with Crippen molar-refractivity contribution in [3.8, 4) is 0 Å². The van der Waals surface area contributed by atoms with Crippen LogP contribution in [0, 0.1) is 6.92 Å². The van der Waals surface area contributed by atoms with Gasteiger partial charge < -0.3 is 9.26 Å². The Kier molecular flexibility index (Phi) is 3.19. The highest BCUT2D eigenvalue weighted by Gasteiger charge is 2.39. The standard InChI is InChI=1S/C9H15N3O4S/c1-6-8(9-10-7(2)11-16-9)12(4-5-15-6)17(3,13)14/h6,8H,4-5H2,1-3H3/t6-,8+/m1/s1. The second-order valence-electron chi connectivity index (χ2n) is 4.07. The summed E-state index contributed by atoms with van der Waals surface area (Å²) in [4.78, 5) is 4.08. The van der Waals surface area contributed by atoms with E-state index in [2.05, 4.69) is 10.1 Å². The van der Waals surface area contributed by atoms with Gasteiger partial charge in [-0.3, -0.25) is 0 Å². The monoisotopic (exact) mass is 261 g/mol. The molecule has 0 spiro atoms. The van der Waals surface area contributed by atoms with Crippen molar-refractivity contribution in [3.05, 3.63) is 11.7 Å². The Balaban J connectivity index is 2.38. The van der Waals surface area contributed by atoms with Gasteiger partial charge in [0, 0.05) is 6.54 Å². The number of hydrogen-bond donors (Lipinski definition) is 0. The second kappa shape index (κ2) is 4.35. The van der Waals surface area contributed by atoms with Gasteiger partial charge in [-0.1, -0.05) is 5.16 Å². The van der Waals surface area contributed by atoms with Gasteiger partial charge in [0.25, 0.3) is 0 Å². The Morgan fingerprint density at radius 3 is 2.71 bits per heavy atom. The molecular weight excluding hydrogens is 246 g/mol. The van der Waals surface area contributed by atoms with Crippen molar-refractivity contribution in [2.24, 2.45) is 0 Å². The molecule has 0 aliphatic carbocycles. The maximum atomic E-state index is 11.7. The van der Waals surface area contributed by atoms with Crippen molar-refractivity contribution in [3.63, 3.8) is 0 Å². The van der Waals surface area contributed by atoms with E-state index >= 15 is 0 Å². The van der Waals surface area contributed by atoms with Crippen molar-refractivity contribution < 1.29 is 17.7 Å². The summed E-state index contributed by atoms with van der Waals surface area (Å²) in [7, 11) is -3.32. The summed E-state index contributed by atoms with van der Waals surface area (Å²) in [6.45, 7) is 4.15. The zero-order valence-corrected chi connectivity index (χ0v) is 10.8. The molecule has 1 aliphatic rings. The van der Waals surface area contributed by atoms with E-state index < -0.39 is 16.1 Å². The molecule has 0 radical (unpaired) electrons. The number of aryl methyl sites for hydroxylation is 1. The van der Waals surface area contributed by atoms with Gasteiger partial charge in [0.2, 0.25) is 15.9 Å². The smallest absolute Gasteiger partial charge is 0.247 e. The van der Waals surface area contributed by atoms with Crippen LogP contribution in [-0.4, -0.2) is 48.4 Å². The van der Waals surface area contributed by atoms with Crippen LogP contribution in [-0.2, 0) is 14.8 Å². The first-order chi connectivity index (χ1) is 7.89. The number of ether oxygens (including phenoxy) is 1. The molecule has 96 valence electrons. The molecular formula is C9H15N3O4S. The van der Waals surface area contributed by atoms with Gasteiger partial charge in [-0.2, -0.15) is 9.29 Å². The Hall–Kier alpha value is -0.990. The first-order valence-electron chi connectivity index (χ1n) is 5.28. The van der Waals surface area contributed by atoms with Gasteiger partial charge in [0.1, 0.15) is 6.04 Å². The lowest BCUT2D eigenvalue weighted by Crippen LogP contribution is -2.46. The van der Waals surface area contributed by atoms with Crippen LogP contribution in [0.3, 0.4) is 0 Å². The van der Waals surface area contributed by atoms with Crippen molar-refractivity contribution >= 4 is 10.0 Å². The second-order valence-corrected chi connectivity index (χ2v) is 6.01. The highest BCUT2D eigenvalue weighted by atomic mass is 32.2. The van der Waals surface area contributed by atoms with Gasteiger partial charge in [-0.25, -0.2) is 8.42 Å². The maximum Gasteiger partial charge on any atom is 0.247 e. The number of aromatic nitrogens is 2. The third-order valence-electron chi connectivity index (χ3n) is 2.67. The van der Waals surface area contributed by atoms with Gasteiger partial charge >= 0.3 is 0 Å². The molecule has 0 N–H and O–H groups in total. The molecule has 1 fully saturated rings. The van der Waals surface area contributed by atoms with E-state index in [9.17, 15) is 8.42 Å². The third kappa shape index (κ3) is 2.48. The summed E-state index contributed by atoms with van der Waals surface area (Å²) in [6.07, 6.45) is 0.861. The minimum Gasteiger partial charge on any atom is -0.375 e. The van der Waals surface area contributed by atoms with Crippen LogP contribution < -0.4 is 0 Å². The molecule has 2 heterocycles. The summed E-state index contributed by atoms with van der Waals surface area (Å²) >= 11 is 0. The Morgan fingerprint density at radius 2 is 2.18 bits per heavy atom. The van der Waals surface area contributed by atoms with Crippen molar-refractivity contribution in [1.82, 2.24) is 14.4 Å². The third-order valence-corrected chi connectivity index (χ3v) is 3.93. The van der Waals surface area contributed by atoms with Crippen LogP contribution in [0.4, 0.5) is 0 Å². The molecule has 17 heavy (non-hydrogen) atoms. The van der Waals surface area contributed by atoms with Crippen molar-refractivity contribution in [2.75, 3.05) is 19.4 Å². The van der Waals surface area contributed by atoms with Gasteiger partial charge in [-0.15, -0.1) is 0 Å². The van der Waals surface area contributed by atoms with E-state index in [0.29, 0.717) is 19.0 Å². The predicted molar refractivity (Wildman–Crippen MR) is 58.7 cm³/mol. The molecule has 0 amide bonds. The lowest BCUT2D eigenvalue weighted by atomic mass is 10.1. The van der Waals surface area contributed by atoms with E-state index in [1.165, 1.54) is 10.6 Å². The van der Waals surface area contributed by atoms with Crippen LogP contribution >= 0.6 is 0 Å². The van der Waals surface area contributed by atoms with Crippen molar-refractivity contribution in [1.29, 1.82) is 0 Å². The average Bonchev–Trinajstić information content (AvgIpc) is 2.63. The van der Waals surface area contributed by atoms with Crippen LogP contribution in [0.25, 0.3) is 0 Å². The van der Waals surface area contributed by atoms with Gasteiger partial charge in [0.05, 0.1) is 19.0 Å². The molecule has 2 atom stereocenters. The van der Waals surface area contributed by atoms with E-state index in [1.807, 2.05) is 0 Å². The van der Waals surface area contributed by atoms with Crippen LogP contribution in [0.5, 0.6) is 0 Å². The largest absolute Gasteiger partial charge is 0.375 e. The lowest BCUT2D eigenvalue weighted by Gasteiger charge is -2.35. The maximum absolute atomic E-state index is 11.7. The fraction of sp³-hybridized carbons (Fsp3) is 0.778. The minimum absolute atomic E-state index is 0.278. The zero-order valence-electron chi connectivity index (χ0n) is 9.95. The summed E-state index contributed by atoms with van der Waals surface area (Å²) < 4.78 is 35.2. The van der Waals surface area contributed by atoms with Crippen LogP contribution in [0.2, 0.25) is 0 Å².